The van der Waals surface area contributed by atoms with Crippen LogP contribution in [0.3, 0.4) is 0 Å². The Labute approximate surface area is 383 Å². The molecule has 2 aliphatic carbocycles. The number of aliphatic hydroxyl groups excluding tert-OH is 12. The molecule has 17 unspecified atom stereocenters. The van der Waals surface area contributed by atoms with Crippen LogP contribution < -0.4 is 45.9 Å². The molecule has 6 aliphatic rings. The van der Waals surface area contributed by atoms with Crippen LogP contribution in [0.25, 0.3) is 0 Å². The maximum absolute atomic E-state index is 11.4. The molecule has 4 saturated heterocycles. The van der Waals surface area contributed by atoms with Gasteiger partial charge in [-0.1, -0.05) is 0 Å². The van der Waals surface area contributed by atoms with E-state index in [0.717, 1.165) is 0 Å². The Morgan fingerprint density at radius 3 is 0.925 bits per heavy atom. The molecule has 4 heterocycles. The summed E-state index contributed by atoms with van der Waals surface area (Å²) < 4.78 is 57.2. The van der Waals surface area contributed by atoms with Gasteiger partial charge in [0.2, 0.25) is 0 Å². The fourth-order valence-corrected chi connectivity index (χ4v) is 9.16. The van der Waals surface area contributed by atoms with Crippen molar-refractivity contribution >= 4 is 0 Å². The molecule has 30 atom stereocenters. The van der Waals surface area contributed by atoms with E-state index < -0.39 is 203 Å². The molecule has 6 rings (SSSR count). The molecule has 2 saturated carbocycles. The SMILES string of the molecule is NCC1OC(OC2[C@H](O)C(O[C@H]3O[C@H](COCOCC4OC(OC5C(O)[C@H](O[C@H]6O[C@H](CN)[C@@H](O)C(O)C6O)[C@@H](N)C[C@H]5N)C(O)[C@@H](N)C4O)C(O)C(N)C3O)C(N)C[C@@H]2N)[C@@H](O)[C@@H](O)C1O. The molecule has 392 valence electrons. The van der Waals surface area contributed by atoms with E-state index in [1.807, 2.05) is 0 Å². The Kier molecular flexibility index (Phi) is 19.4. The fraction of sp³-hybridized carbons (Fsp3) is 1.00. The molecule has 30 heteroatoms. The molecule has 0 aromatic carbocycles. The summed E-state index contributed by atoms with van der Waals surface area (Å²) in [6.07, 6.45) is -36.1. The minimum atomic E-state index is -1.75. The van der Waals surface area contributed by atoms with Crippen molar-refractivity contribution in [2.75, 3.05) is 33.1 Å². The smallest absolute Gasteiger partial charge is 0.187 e. The molecule has 0 bridgehead atoms. The molecule has 30 nitrogen and oxygen atoms in total. The van der Waals surface area contributed by atoms with E-state index in [1.54, 1.807) is 0 Å². The van der Waals surface area contributed by atoms with Crippen molar-refractivity contribution in [2.45, 2.75) is 196 Å². The van der Waals surface area contributed by atoms with Gasteiger partial charge >= 0.3 is 0 Å². The molecule has 6 fully saturated rings. The molecule has 0 amide bonds. The maximum Gasteiger partial charge on any atom is 0.187 e. The molecule has 0 aromatic heterocycles. The van der Waals surface area contributed by atoms with Crippen molar-refractivity contribution in [3.05, 3.63) is 0 Å². The van der Waals surface area contributed by atoms with Crippen molar-refractivity contribution in [3.63, 3.8) is 0 Å². The first-order valence-electron chi connectivity index (χ1n) is 22.1. The Balaban J connectivity index is 1.00. The van der Waals surface area contributed by atoms with Gasteiger partial charge in [-0.05, 0) is 12.8 Å². The third-order valence-corrected chi connectivity index (χ3v) is 13.3. The summed E-state index contributed by atoms with van der Waals surface area (Å²) in [7, 11) is 0. The first-order valence-corrected chi connectivity index (χ1v) is 22.1. The zero-order chi connectivity index (χ0) is 49.3. The largest absolute Gasteiger partial charge is 0.389 e. The van der Waals surface area contributed by atoms with Crippen molar-refractivity contribution in [2.24, 2.45) is 45.9 Å². The van der Waals surface area contributed by atoms with Gasteiger partial charge in [0.15, 0.2) is 25.2 Å². The van der Waals surface area contributed by atoms with Gasteiger partial charge in [-0.25, -0.2) is 0 Å². The average molecular weight is 981 g/mol. The highest BCUT2D eigenvalue weighted by molar-refractivity contribution is 5.03. The molecule has 0 aromatic rings. The first-order chi connectivity index (χ1) is 31.6. The van der Waals surface area contributed by atoms with Crippen LogP contribution in [-0.4, -0.2) is 278 Å². The quantitative estimate of drug-likeness (QED) is 0.0504. The Morgan fingerprint density at radius 2 is 0.627 bits per heavy atom. The Bertz CT molecular complexity index is 1420. The van der Waals surface area contributed by atoms with Gasteiger partial charge in [-0.3, -0.25) is 0 Å². The summed E-state index contributed by atoms with van der Waals surface area (Å²) in [5.74, 6) is 0. The minimum absolute atomic E-state index is 0.0177. The van der Waals surface area contributed by atoms with E-state index in [4.69, 9.17) is 93.2 Å². The monoisotopic (exact) mass is 980 g/mol. The fourth-order valence-electron chi connectivity index (χ4n) is 9.16. The lowest BCUT2D eigenvalue weighted by atomic mass is 9.84. The third-order valence-electron chi connectivity index (χ3n) is 13.3. The Hall–Kier alpha value is -1.20. The molecule has 0 radical (unpaired) electrons. The van der Waals surface area contributed by atoms with Gasteiger partial charge in [0.25, 0.3) is 0 Å². The zero-order valence-corrected chi connectivity index (χ0v) is 36.3. The van der Waals surface area contributed by atoms with Crippen molar-refractivity contribution in [1.29, 1.82) is 0 Å². The zero-order valence-electron chi connectivity index (χ0n) is 36.3. The molecular formula is C37H72N8O22. The third kappa shape index (κ3) is 11.9. The normalized spacial score (nSPS) is 53.4. The van der Waals surface area contributed by atoms with Gasteiger partial charge in [0.1, 0.15) is 129 Å². The molecule has 28 N–H and O–H groups in total. The van der Waals surface area contributed by atoms with Crippen LogP contribution in [-0.2, 0) is 47.4 Å². The van der Waals surface area contributed by atoms with Gasteiger partial charge in [0.05, 0.1) is 25.3 Å². The van der Waals surface area contributed by atoms with Crippen LogP contribution in [0.1, 0.15) is 12.8 Å². The number of nitrogens with two attached hydrogens (primary N) is 8. The summed E-state index contributed by atoms with van der Waals surface area (Å²) in [6, 6.07) is -6.56. The predicted molar refractivity (Wildman–Crippen MR) is 218 cm³/mol. The van der Waals surface area contributed by atoms with E-state index in [2.05, 4.69) is 0 Å². The second-order valence-corrected chi connectivity index (χ2v) is 18.1. The van der Waals surface area contributed by atoms with E-state index in [-0.39, 0.29) is 25.9 Å². The summed E-state index contributed by atoms with van der Waals surface area (Å²) in [5, 5.41) is 128. The van der Waals surface area contributed by atoms with E-state index >= 15 is 0 Å². The van der Waals surface area contributed by atoms with E-state index in [9.17, 15) is 61.3 Å². The molecule has 0 spiro atoms. The highest BCUT2D eigenvalue weighted by Gasteiger charge is 2.54. The standard InChI is InChI=1S/C37H72N8O22/c38-3-12-20(48)24(52)26(54)36(60-12)66-32-10(42)1-8(40)30(28(32)56)64-34-22(50)16(44)18(46)14(62-34)5-58-7-59-6-15-19(47)17(45)23(51)35(63-15)65-31-9(41)2-11(43)33(29(31)57)67-37-27(55)25(53)21(49)13(4-39)61-37/h8-37,46-57H,1-7,38-45H2/t8-,9?,10+,11+,12-,13?,14?,15-,16+,17?,18?,19?,20-,21?,22?,23?,24?,25+,26?,27+,28?,29-,30?,31?,32-,33?,34?,35-,36-,37?/m1/s1. The summed E-state index contributed by atoms with van der Waals surface area (Å²) in [4.78, 5) is 0. The van der Waals surface area contributed by atoms with Gasteiger partial charge in [-0.15, -0.1) is 0 Å². The maximum atomic E-state index is 11.4. The van der Waals surface area contributed by atoms with Crippen LogP contribution in [0, 0.1) is 0 Å². The predicted octanol–water partition coefficient (Wildman–Crippen LogP) is -13.6. The summed E-state index contributed by atoms with van der Waals surface area (Å²) in [6.45, 7) is -1.83. The van der Waals surface area contributed by atoms with Crippen LogP contribution in [0.4, 0.5) is 0 Å². The first kappa shape index (κ1) is 55.1. The lowest BCUT2D eigenvalue weighted by Crippen LogP contribution is -2.68. The lowest BCUT2D eigenvalue weighted by Gasteiger charge is -2.48. The number of ether oxygens (including phenoxy) is 10. The summed E-state index contributed by atoms with van der Waals surface area (Å²) >= 11 is 0. The van der Waals surface area contributed by atoms with Crippen LogP contribution in [0.5, 0.6) is 0 Å². The number of hydrogen-bond donors (Lipinski definition) is 20. The lowest BCUT2D eigenvalue weighted by molar-refractivity contribution is -0.334. The second kappa shape index (κ2) is 23.6. The summed E-state index contributed by atoms with van der Waals surface area (Å²) in [5.41, 5.74) is 48.5. The van der Waals surface area contributed by atoms with Gasteiger partial charge < -0.3 is 155 Å². The van der Waals surface area contributed by atoms with Gasteiger partial charge in [0, 0.05) is 37.3 Å². The van der Waals surface area contributed by atoms with Crippen molar-refractivity contribution in [3.8, 4) is 0 Å². The van der Waals surface area contributed by atoms with E-state index in [1.165, 1.54) is 0 Å². The van der Waals surface area contributed by atoms with E-state index in [0.29, 0.717) is 0 Å². The van der Waals surface area contributed by atoms with Gasteiger partial charge in [-0.2, -0.15) is 0 Å². The van der Waals surface area contributed by atoms with Crippen molar-refractivity contribution in [1.82, 2.24) is 0 Å². The highest BCUT2D eigenvalue weighted by Crippen LogP contribution is 2.34. The second-order valence-electron chi connectivity index (χ2n) is 18.1. The topological polar surface area (TPSA) is 543 Å². The molecular weight excluding hydrogens is 908 g/mol. The van der Waals surface area contributed by atoms with Crippen molar-refractivity contribution < 1.29 is 109 Å². The van der Waals surface area contributed by atoms with Crippen LogP contribution >= 0.6 is 0 Å². The van der Waals surface area contributed by atoms with Crippen LogP contribution in [0.2, 0.25) is 0 Å². The number of aliphatic hydroxyl groups is 12. The highest BCUT2D eigenvalue weighted by atomic mass is 16.7. The molecule has 4 aliphatic heterocycles. The minimum Gasteiger partial charge on any atom is -0.389 e. The molecule has 67 heavy (non-hydrogen) atoms. The Morgan fingerprint density at radius 1 is 0.343 bits per heavy atom. The average Bonchev–Trinajstić information content (AvgIpc) is 3.29. The number of hydrogen-bond acceptors (Lipinski definition) is 30. The number of rotatable bonds is 16. The van der Waals surface area contributed by atoms with Crippen LogP contribution in [0.15, 0.2) is 0 Å².